The average Bonchev–Trinajstić information content (AvgIpc) is 3.25. The van der Waals surface area contributed by atoms with E-state index >= 15 is 0 Å². The number of anilines is 1. The van der Waals surface area contributed by atoms with Crippen LogP contribution in [-0.2, 0) is 25.6 Å². The Morgan fingerprint density at radius 1 is 1.11 bits per heavy atom. The third-order valence-corrected chi connectivity index (χ3v) is 6.43. The molecule has 2 aromatic rings. The van der Waals surface area contributed by atoms with Crippen LogP contribution in [0.1, 0.15) is 28.8 Å². The molecule has 3 N–H and O–H groups in total. The third kappa shape index (κ3) is 5.17. The fourth-order valence-electron chi connectivity index (χ4n) is 4.35. The van der Waals surface area contributed by atoms with Crippen molar-refractivity contribution in [2.45, 2.75) is 25.6 Å². The normalized spacial score (nSPS) is 16.2. The van der Waals surface area contributed by atoms with E-state index in [1.807, 2.05) is 30.3 Å². The van der Waals surface area contributed by atoms with Crippen LogP contribution in [0.2, 0.25) is 0 Å². The number of aliphatic hydroxyl groups is 1. The quantitative estimate of drug-likeness (QED) is 0.295. The minimum Gasteiger partial charge on any atom is -0.464 e. The first-order valence-electron chi connectivity index (χ1n) is 11.6. The van der Waals surface area contributed by atoms with Gasteiger partial charge in [0.1, 0.15) is 5.70 Å². The van der Waals surface area contributed by atoms with E-state index in [9.17, 15) is 19.5 Å². The molecule has 36 heavy (non-hydrogen) atoms. The Kier molecular flexibility index (Phi) is 7.52. The number of fused-ring (bicyclic) bond motifs is 1. The summed E-state index contributed by atoms with van der Waals surface area (Å²) in [6, 6.07) is 12.9. The Hall–Kier alpha value is -3.95. The van der Waals surface area contributed by atoms with Gasteiger partial charge in [0, 0.05) is 30.4 Å². The standard InChI is InChI=1S/C27H29N3O6/c1-16(27(34)35-3)28-24(31)17(2)30-15-23-21(5-4-6-22(23)26(30)33)18-7-9-20(10-8-18)29-25(32)19-11-13-36-14-12-19/h4-10,19,24,28,31H,1-2,11-15H2,3H3,(H,29,32). The lowest BCUT2D eigenvalue weighted by molar-refractivity contribution is -0.136. The van der Waals surface area contributed by atoms with Crippen LogP contribution < -0.4 is 10.6 Å². The molecule has 1 saturated heterocycles. The number of benzene rings is 2. The molecule has 2 aliphatic rings. The maximum Gasteiger partial charge on any atom is 0.353 e. The molecule has 2 heterocycles. The lowest BCUT2D eigenvalue weighted by atomic mass is 9.96. The molecule has 2 amide bonds. The highest BCUT2D eigenvalue weighted by Gasteiger charge is 2.33. The fraction of sp³-hybridized carbons (Fsp3) is 0.296. The van der Waals surface area contributed by atoms with Crippen molar-refractivity contribution in [2.24, 2.45) is 5.92 Å². The van der Waals surface area contributed by atoms with Crippen LogP contribution in [0.5, 0.6) is 0 Å². The lowest BCUT2D eigenvalue weighted by Crippen LogP contribution is -2.39. The maximum atomic E-state index is 13.1. The van der Waals surface area contributed by atoms with Gasteiger partial charge in [-0.15, -0.1) is 0 Å². The van der Waals surface area contributed by atoms with Gasteiger partial charge >= 0.3 is 5.97 Å². The summed E-state index contributed by atoms with van der Waals surface area (Å²) in [5.74, 6) is -1.08. The number of aliphatic hydroxyl groups excluding tert-OH is 1. The van der Waals surface area contributed by atoms with E-state index in [0.717, 1.165) is 29.5 Å². The first-order valence-corrected chi connectivity index (χ1v) is 11.6. The van der Waals surface area contributed by atoms with E-state index < -0.39 is 12.2 Å². The molecular formula is C27H29N3O6. The van der Waals surface area contributed by atoms with Crippen molar-refractivity contribution < 1.29 is 29.0 Å². The van der Waals surface area contributed by atoms with Crippen LogP contribution in [0, 0.1) is 5.92 Å². The van der Waals surface area contributed by atoms with Gasteiger partial charge in [0.05, 0.1) is 19.4 Å². The molecule has 1 atom stereocenters. The second-order valence-electron chi connectivity index (χ2n) is 8.68. The van der Waals surface area contributed by atoms with Crippen LogP contribution in [0.15, 0.2) is 67.0 Å². The minimum absolute atomic E-state index is 0.00606. The predicted octanol–water partition coefficient (Wildman–Crippen LogP) is 2.78. The molecule has 9 nitrogen and oxygen atoms in total. The van der Waals surface area contributed by atoms with E-state index in [1.165, 1.54) is 12.0 Å². The minimum atomic E-state index is -1.41. The zero-order valence-electron chi connectivity index (χ0n) is 20.1. The van der Waals surface area contributed by atoms with E-state index in [-0.39, 0.29) is 35.7 Å². The number of nitrogens with zero attached hydrogens (tertiary/aromatic N) is 1. The summed E-state index contributed by atoms with van der Waals surface area (Å²) in [7, 11) is 1.20. The van der Waals surface area contributed by atoms with Crippen LogP contribution in [0.3, 0.4) is 0 Å². The summed E-state index contributed by atoms with van der Waals surface area (Å²) in [6.07, 6.45) is 0.0327. The van der Waals surface area contributed by atoms with E-state index in [1.54, 1.807) is 12.1 Å². The Morgan fingerprint density at radius 2 is 1.78 bits per heavy atom. The first kappa shape index (κ1) is 25.2. The average molecular weight is 492 g/mol. The van der Waals surface area contributed by atoms with Gasteiger partial charge in [0.2, 0.25) is 5.91 Å². The molecule has 1 unspecified atom stereocenters. The van der Waals surface area contributed by atoms with Gasteiger partial charge in [-0.25, -0.2) is 4.79 Å². The molecule has 9 heteroatoms. The molecule has 0 radical (unpaired) electrons. The van der Waals surface area contributed by atoms with Gasteiger partial charge < -0.3 is 30.1 Å². The second-order valence-corrected chi connectivity index (χ2v) is 8.68. The van der Waals surface area contributed by atoms with E-state index in [2.05, 4.69) is 28.5 Å². The summed E-state index contributed by atoms with van der Waals surface area (Å²) >= 11 is 0. The number of carbonyl (C=O) groups excluding carboxylic acids is 3. The third-order valence-electron chi connectivity index (χ3n) is 6.43. The van der Waals surface area contributed by atoms with Crippen molar-refractivity contribution in [1.29, 1.82) is 0 Å². The van der Waals surface area contributed by atoms with Gasteiger partial charge in [-0.1, -0.05) is 37.4 Å². The Labute approximate surface area is 209 Å². The van der Waals surface area contributed by atoms with Crippen molar-refractivity contribution in [3.63, 3.8) is 0 Å². The molecular weight excluding hydrogens is 462 g/mol. The number of amides is 2. The highest BCUT2D eigenvalue weighted by Crippen LogP contribution is 2.35. The Bertz CT molecular complexity index is 1200. The van der Waals surface area contributed by atoms with Gasteiger partial charge in [-0.3, -0.25) is 9.59 Å². The molecule has 0 spiro atoms. The highest BCUT2D eigenvalue weighted by molar-refractivity contribution is 6.01. The number of methoxy groups -OCH3 is 1. The monoisotopic (exact) mass is 491 g/mol. The van der Waals surface area contributed by atoms with Crippen LogP contribution >= 0.6 is 0 Å². The summed E-state index contributed by atoms with van der Waals surface area (Å²) in [5, 5.41) is 15.9. The van der Waals surface area contributed by atoms with E-state index in [4.69, 9.17) is 4.74 Å². The molecule has 4 rings (SSSR count). The molecule has 2 aromatic carbocycles. The number of ether oxygens (including phenoxy) is 2. The topological polar surface area (TPSA) is 117 Å². The lowest BCUT2D eigenvalue weighted by Gasteiger charge is -2.24. The number of nitrogens with one attached hydrogen (secondary N) is 2. The van der Waals surface area contributed by atoms with Crippen molar-refractivity contribution >= 4 is 23.5 Å². The Balaban J connectivity index is 1.47. The number of carbonyl (C=O) groups is 3. The van der Waals surface area contributed by atoms with E-state index in [0.29, 0.717) is 24.5 Å². The highest BCUT2D eigenvalue weighted by atomic mass is 16.5. The summed E-state index contributed by atoms with van der Waals surface area (Å²) in [4.78, 5) is 38.5. The molecule has 188 valence electrons. The van der Waals surface area contributed by atoms with Crippen LogP contribution in [0.25, 0.3) is 11.1 Å². The van der Waals surface area contributed by atoms with Crippen molar-refractivity contribution in [3.8, 4) is 11.1 Å². The molecule has 0 saturated carbocycles. The largest absolute Gasteiger partial charge is 0.464 e. The predicted molar refractivity (Wildman–Crippen MR) is 133 cm³/mol. The van der Waals surface area contributed by atoms with Crippen molar-refractivity contribution in [1.82, 2.24) is 10.2 Å². The van der Waals surface area contributed by atoms with Crippen LogP contribution in [-0.4, -0.2) is 54.3 Å². The zero-order chi connectivity index (χ0) is 25.8. The van der Waals surface area contributed by atoms with Gasteiger partial charge in [-0.2, -0.15) is 0 Å². The molecule has 0 aromatic heterocycles. The number of hydrogen-bond acceptors (Lipinski definition) is 7. The smallest absolute Gasteiger partial charge is 0.353 e. The summed E-state index contributed by atoms with van der Waals surface area (Å²) in [5.41, 5.74) is 3.67. The second kappa shape index (κ2) is 10.8. The van der Waals surface area contributed by atoms with Gasteiger partial charge in [-0.05, 0) is 47.7 Å². The maximum absolute atomic E-state index is 13.1. The number of rotatable bonds is 8. The van der Waals surface area contributed by atoms with Crippen LogP contribution in [0.4, 0.5) is 5.69 Å². The first-order chi connectivity index (χ1) is 17.3. The summed E-state index contributed by atoms with van der Waals surface area (Å²) < 4.78 is 9.89. The van der Waals surface area contributed by atoms with Gasteiger partial charge in [0.15, 0.2) is 6.23 Å². The molecule has 0 aliphatic carbocycles. The molecule has 2 aliphatic heterocycles. The van der Waals surface area contributed by atoms with Crippen molar-refractivity contribution in [2.75, 3.05) is 25.6 Å². The Morgan fingerprint density at radius 3 is 2.44 bits per heavy atom. The summed E-state index contributed by atoms with van der Waals surface area (Å²) in [6.45, 7) is 8.76. The van der Waals surface area contributed by atoms with Crippen molar-refractivity contribution in [3.05, 3.63) is 78.1 Å². The molecule has 0 bridgehead atoms. The molecule has 1 fully saturated rings. The number of esters is 1. The zero-order valence-corrected chi connectivity index (χ0v) is 20.1. The SMILES string of the molecule is C=C(NC(O)C(=C)N1Cc2c(cccc2-c2ccc(NC(=O)C3CCOCC3)cc2)C1=O)C(=O)OC. The van der Waals surface area contributed by atoms with Gasteiger partial charge in [0.25, 0.3) is 5.91 Å². The number of hydrogen-bond donors (Lipinski definition) is 3. The fourth-order valence-corrected chi connectivity index (χ4v) is 4.35.